The smallest absolute Gasteiger partial charge is 0.266 e. The fraction of sp³-hybridized carbons (Fsp3) is 0.250. The number of rotatable bonds is 5. The number of para-hydroxylation sites is 1. The van der Waals surface area contributed by atoms with Gasteiger partial charge in [0.25, 0.3) is 5.56 Å². The first-order valence-electron chi connectivity index (χ1n) is 8.47. The van der Waals surface area contributed by atoms with E-state index in [2.05, 4.69) is 4.98 Å². The number of aromatic nitrogens is 2. The van der Waals surface area contributed by atoms with Gasteiger partial charge in [0.15, 0.2) is 5.16 Å². The summed E-state index contributed by atoms with van der Waals surface area (Å²) in [6.07, 6.45) is 0.565. The molecule has 0 radical (unpaired) electrons. The highest BCUT2D eigenvalue weighted by Crippen LogP contribution is 2.27. The first-order chi connectivity index (χ1) is 12.4. The molecule has 134 valence electrons. The SMILES string of the molecule is CCC(Sc1nc2ccccc2c(=O)n1-c1ccc(C)cc1C)C(N)=O. The Morgan fingerprint density at radius 1 is 1.23 bits per heavy atom. The molecule has 0 fully saturated rings. The number of carbonyl (C=O) groups is 1. The first kappa shape index (κ1) is 18.2. The van der Waals surface area contributed by atoms with E-state index in [0.29, 0.717) is 22.5 Å². The molecule has 1 aromatic heterocycles. The molecule has 2 aromatic carbocycles. The molecule has 26 heavy (non-hydrogen) atoms. The van der Waals surface area contributed by atoms with Crippen LogP contribution < -0.4 is 11.3 Å². The van der Waals surface area contributed by atoms with E-state index in [1.807, 2.05) is 51.1 Å². The second-order valence-electron chi connectivity index (χ2n) is 6.26. The third-order valence-electron chi connectivity index (χ3n) is 4.27. The molecule has 5 nitrogen and oxygen atoms in total. The van der Waals surface area contributed by atoms with Gasteiger partial charge >= 0.3 is 0 Å². The van der Waals surface area contributed by atoms with E-state index in [0.717, 1.165) is 16.8 Å². The number of nitrogens with zero attached hydrogens (tertiary/aromatic N) is 2. The molecule has 3 rings (SSSR count). The van der Waals surface area contributed by atoms with Crippen molar-refractivity contribution in [1.82, 2.24) is 9.55 Å². The Hall–Kier alpha value is -2.60. The van der Waals surface area contributed by atoms with Crippen LogP contribution in [0.2, 0.25) is 0 Å². The fourth-order valence-corrected chi connectivity index (χ4v) is 3.90. The summed E-state index contributed by atoms with van der Waals surface area (Å²) in [5.74, 6) is -0.410. The predicted octanol–water partition coefficient (Wildman–Crippen LogP) is 3.36. The van der Waals surface area contributed by atoms with Crippen molar-refractivity contribution in [3.8, 4) is 5.69 Å². The molecule has 2 N–H and O–H groups in total. The lowest BCUT2D eigenvalue weighted by Crippen LogP contribution is -2.28. The molecule has 1 unspecified atom stereocenters. The molecule has 3 aromatic rings. The van der Waals surface area contributed by atoms with E-state index in [-0.39, 0.29) is 5.56 Å². The van der Waals surface area contributed by atoms with Crippen LogP contribution >= 0.6 is 11.8 Å². The van der Waals surface area contributed by atoms with Gasteiger partial charge in [-0.05, 0) is 44.0 Å². The zero-order chi connectivity index (χ0) is 18.8. The summed E-state index contributed by atoms with van der Waals surface area (Å²) in [5.41, 5.74) is 8.82. The maximum atomic E-state index is 13.2. The summed E-state index contributed by atoms with van der Waals surface area (Å²) in [4.78, 5) is 29.6. The topological polar surface area (TPSA) is 78.0 Å². The van der Waals surface area contributed by atoms with Gasteiger partial charge in [-0.1, -0.05) is 48.5 Å². The third-order valence-corrected chi connectivity index (χ3v) is 5.61. The molecule has 0 aliphatic carbocycles. The third kappa shape index (κ3) is 3.37. The molecule has 0 aliphatic rings. The van der Waals surface area contributed by atoms with Gasteiger partial charge in [0.1, 0.15) is 0 Å². The van der Waals surface area contributed by atoms with Gasteiger partial charge in [-0.2, -0.15) is 0 Å². The van der Waals surface area contributed by atoms with Crippen LogP contribution in [0.4, 0.5) is 0 Å². The summed E-state index contributed by atoms with van der Waals surface area (Å²) in [7, 11) is 0. The number of carbonyl (C=O) groups excluding carboxylic acids is 1. The van der Waals surface area contributed by atoms with E-state index in [9.17, 15) is 9.59 Å². The van der Waals surface area contributed by atoms with Crippen LogP contribution in [-0.4, -0.2) is 20.7 Å². The number of aryl methyl sites for hydroxylation is 2. The Balaban J connectivity index is 2.30. The van der Waals surface area contributed by atoms with Crippen molar-refractivity contribution in [2.45, 2.75) is 37.6 Å². The van der Waals surface area contributed by atoms with Crippen molar-refractivity contribution < 1.29 is 4.79 Å². The highest BCUT2D eigenvalue weighted by Gasteiger charge is 2.21. The summed E-state index contributed by atoms with van der Waals surface area (Å²) in [6, 6.07) is 13.1. The Morgan fingerprint density at radius 2 is 1.96 bits per heavy atom. The quantitative estimate of drug-likeness (QED) is 0.554. The minimum atomic E-state index is -0.444. The van der Waals surface area contributed by atoms with Crippen LogP contribution in [0, 0.1) is 13.8 Å². The summed E-state index contributed by atoms with van der Waals surface area (Å²) >= 11 is 1.24. The zero-order valence-electron chi connectivity index (χ0n) is 15.0. The van der Waals surface area contributed by atoms with E-state index >= 15 is 0 Å². The van der Waals surface area contributed by atoms with Gasteiger partial charge in [-0.25, -0.2) is 4.98 Å². The molecule has 0 bridgehead atoms. The van der Waals surface area contributed by atoms with E-state index < -0.39 is 11.2 Å². The predicted molar refractivity (Wildman–Crippen MR) is 106 cm³/mol. The van der Waals surface area contributed by atoms with Crippen molar-refractivity contribution in [3.05, 3.63) is 63.9 Å². The maximum absolute atomic E-state index is 13.2. The van der Waals surface area contributed by atoms with Crippen molar-refractivity contribution in [2.75, 3.05) is 0 Å². The number of fused-ring (bicyclic) bond motifs is 1. The Bertz CT molecular complexity index is 1040. The summed E-state index contributed by atoms with van der Waals surface area (Å²) in [6.45, 7) is 5.86. The molecule has 0 saturated carbocycles. The van der Waals surface area contributed by atoms with Gasteiger partial charge in [-0.3, -0.25) is 14.2 Å². The second-order valence-corrected chi connectivity index (χ2v) is 7.43. The zero-order valence-corrected chi connectivity index (χ0v) is 15.8. The van der Waals surface area contributed by atoms with Crippen LogP contribution in [0.3, 0.4) is 0 Å². The van der Waals surface area contributed by atoms with Crippen molar-refractivity contribution in [2.24, 2.45) is 5.73 Å². The van der Waals surface area contributed by atoms with Crippen LogP contribution in [0.15, 0.2) is 52.4 Å². The molecule has 6 heteroatoms. The van der Waals surface area contributed by atoms with Crippen LogP contribution in [-0.2, 0) is 4.79 Å². The second kappa shape index (κ2) is 7.33. The van der Waals surface area contributed by atoms with Crippen LogP contribution in [0.25, 0.3) is 16.6 Å². The lowest BCUT2D eigenvalue weighted by Gasteiger charge is -2.18. The molecule has 1 heterocycles. The molecule has 1 amide bonds. The van der Waals surface area contributed by atoms with Crippen molar-refractivity contribution in [3.63, 3.8) is 0 Å². The molecule has 0 aliphatic heterocycles. The largest absolute Gasteiger partial charge is 0.369 e. The van der Waals surface area contributed by atoms with Gasteiger partial charge in [0.05, 0.1) is 21.8 Å². The minimum absolute atomic E-state index is 0.149. The Labute approximate surface area is 156 Å². The lowest BCUT2D eigenvalue weighted by atomic mass is 10.1. The van der Waals surface area contributed by atoms with E-state index in [4.69, 9.17) is 5.73 Å². The first-order valence-corrected chi connectivity index (χ1v) is 9.35. The van der Waals surface area contributed by atoms with E-state index in [1.54, 1.807) is 16.7 Å². The fourth-order valence-electron chi connectivity index (χ4n) is 2.93. The number of hydrogen-bond acceptors (Lipinski definition) is 4. The standard InChI is InChI=1S/C20H21N3O2S/c1-4-17(18(21)24)26-20-22-15-8-6-5-7-14(15)19(25)23(20)16-10-9-12(2)11-13(16)3/h5-11,17H,4H2,1-3H3,(H2,21,24). The van der Waals surface area contributed by atoms with Crippen molar-refractivity contribution >= 4 is 28.6 Å². The molecule has 0 spiro atoms. The normalized spacial score (nSPS) is 12.3. The summed E-state index contributed by atoms with van der Waals surface area (Å²) < 4.78 is 1.59. The number of primary amides is 1. The minimum Gasteiger partial charge on any atom is -0.369 e. The molecular weight excluding hydrogens is 346 g/mol. The van der Waals surface area contributed by atoms with Gasteiger partial charge in [0.2, 0.25) is 5.91 Å². The van der Waals surface area contributed by atoms with E-state index in [1.165, 1.54) is 11.8 Å². The number of amides is 1. The average molecular weight is 367 g/mol. The number of benzene rings is 2. The number of thioether (sulfide) groups is 1. The number of hydrogen-bond donors (Lipinski definition) is 1. The van der Waals surface area contributed by atoms with Gasteiger partial charge in [-0.15, -0.1) is 0 Å². The highest BCUT2D eigenvalue weighted by atomic mass is 32.2. The van der Waals surface area contributed by atoms with Gasteiger partial charge < -0.3 is 5.73 Å². The molecule has 1 atom stereocenters. The molecule has 0 saturated heterocycles. The summed E-state index contributed by atoms with van der Waals surface area (Å²) in [5, 5.41) is 0.579. The average Bonchev–Trinajstić information content (AvgIpc) is 2.60. The van der Waals surface area contributed by atoms with Gasteiger partial charge in [0, 0.05) is 0 Å². The highest BCUT2D eigenvalue weighted by molar-refractivity contribution is 8.00. The number of nitrogens with two attached hydrogens (primary N) is 1. The Morgan fingerprint density at radius 3 is 2.62 bits per heavy atom. The van der Waals surface area contributed by atoms with Crippen LogP contribution in [0.1, 0.15) is 24.5 Å². The van der Waals surface area contributed by atoms with Crippen LogP contribution in [0.5, 0.6) is 0 Å². The monoisotopic (exact) mass is 367 g/mol. The Kier molecular flexibility index (Phi) is 5.13. The maximum Gasteiger partial charge on any atom is 0.266 e. The lowest BCUT2D eigenvalue weighted by molar-refractivity contribution is -0.117. The molecular formula is C20H21N3O2S. The van der Waals surface area contributed by atoms with Crippen molar-refractivity contribution in [1.29, 1.82) is 0 Å².